The highest BCUT2D eigenvalue weighted by Gasteiger charge is 2.23. The van der Waals surface area contributed by atoms with Gasteiger partial charge in [-0.2, -0.15) is 0 Å². The average molecular weight is 468 g/mol. The van der Waals surface area contributed by atoms with Crippen LogP contribution in [0.15, 0.2) is 41.0 Å². The molecule has 0 saturated heterocycles. The molecule has 12 nitrogen and oxygen atoms in total. The molecule has 0 aliphatic heterocycles. The molecule has 0 heterocycles. The second kappa shape index (κ2) is 8.88. The van der Waals surface area contributed by atoms with Crippen LogP contribution in [0.1, 0.15) is 15.9 Å². The summed E-state index contributed by atoms with van der Waals surface area (Å²) in [5.41, 5.74) is -1.37. The number of non-ortho nitro benzene ring substituents is 2. The van der Waals surface area contributed by atoms with Crippen molar-refractivity contribution >= 4 is 39.4 Å². The van der Waals surface area contributed by atoms with Crippen molar-refractivity contribution in [2.24, 2.45) is 0 Å². The summed E-state index contributed by atoms with van der Waals surface area (Å²) in [6.45, 7) is 0. The molecule has 2 aromatic carbocycles. The lowest BCUT2D eigenvalue weighted by Gasteiger charge is -2.12. The number of nitrogens with zero attached hydrogens (tertiary/aromatic N) is 3. The zero-order valence-corrected chi connectivity index (χ0v) is 16.0. The maximum absolute atomic E-state index is 12.4. The van der Waals surface area contributed by atoms with E-state index in [-0.39, 0.29) is 16.0 Å². The summed E-state index contributed by atoms with van der Waals surface area (Å²) in [7, 11) is 1.26. The summed E-state index contributed by atoms with van der Waals surface area (Å²) in [6, 6.07) is 5.14. The Kier molecular flexibility index (Phi) is 6.56. The summed E-state index contributed by atoms with van der Waals surface area (Å²) >= 11 is 3.14. The van der Waals surface area contributed by atoms with Gasteiger partial charge in [-0.1, -0.05) is 0 Å². The first-order valence-corrected chi connectivity index (χ1v) is 8.27. The molecule has 13 heteroatoms. The van der Waals surface area contributed by atoms with Crippen LogP contribution >= 0.6 is 15.9 Å². The smallest absolute Gasteiger partial charge is 0.344 e. The second-order valence-electron chi connectivity index (χ2n) is 5.28. The van der Waals surface area contributed by atoms with Crippen molar-refractivity contribution in [3.63, 3.8) is 0 Å². The molecule has 29 heavy (non-hydrogen) atoms. The van der Waals surface area contributed by atoms with Gasteiger partial charge in [0.15, 0.2) is 11.5 Å². The van der Waals surface area contributed by atoms with Crippen molar-refractivity contribution in [2.45, 2.75) is 0 Å². The summed E-state index contributed by atoms with van der Waals surface area (Å²) in [4.78, 5) is 42.4. The van der Waals surface area contributed by atoms with Gasteiger partial charge in [0.25, 0.3) is 11.4 Å². The van der Waals surface area contributed by atoms with Crippen LogP contribution < -0.4 is 9.47 Å². The summed E-state index contributed by atoms with van der Waals surface area (Å²) in [5, 5.41) is 32.4. The second-order valence-corrected chi connectivity index (χ2v) is 6.13. The van der Waals surface area contributed by atoms with Crippen LogP contribution in [0.25, 0.3) is 6.08 Å². The maximum Gasteiger partial charge on any atom is 0.344 e. The average Bonchev–Trinajstić information content (AvgIpc) is 2.67. The van der Waals surface area contributed by atoms with Crippen molar-refractivity contribution in [3.8, 4) is 11.5 Å². The van der Waals surface area contributed by atoms with Gasteiger partial charge in [0.1, 0.15) is 0 Å². The lowest BCUT2D eigenvalue weighted by Crippen LogP contribution is -2.11. The van der Waals surface area contributed by atoms with Gasteiger partial charge in [-0.15, -0.1) is 0 Å². The topological polar surface area (TPSA) is 165 Å². The molecule has 0 N–H and O–H groups in total. The first kappa shape index (κ1) is 21.4. The van der Waals surface area contributed by atoms with E-state index in [1.54, 1.807) is 0 Å². The Morgan fingerprint density at radius 3 is 2.07 bits per heavy atom. The molecule has 0 aliphatic rings. The number of nitro groups is 3. The highest BCUT2D eigenvalue weighted by atomic mass is 79.9. The zero-order chi connectivity index (χ0) is 21.7. The summed E-state index contributed by atoms with van der Waals surface area (Å²) in [5.74, 6) is -1.20. The molecule has 0 atom stereocenters. The van der Waals surface area contributed by atoms with Crippen LogP contribution in [0.2, 0.25) is 0 Å². The number of halogens is 1. The normalized spacial score (nSPS) is 10.6. The van der Waals surface area contributed by atoms with Gasteiger partial charge >= 0.3 is 5.97 Å². The molecular weight excluding hydrogens is 458 g/mol. The lowest BCUT2D eigenvalue weighted by atomic mass is 10.1. The predicted octanol–water partition coefficient (Wildman–Crippen LogP) is 3.74. The van der Waals surface area contributed by atoms with Gasteiger partial charge < -0.3 is 9.47 Å². The number of hydrogen-bond donors (Lipinski definition) is 0. The minimum atomic E-state index is -1.11. The van der Waals surface area contributed by atoms with Crippen LogP contribution in [-0.2, 0) is 0 Å². The number of rotatable bonds is 7. The van der Waals surface area contributed by atoms with Gasteiger partial charge in [0.05, 0.1) is 38.0 Å². The van der Waals surface area contributed by atoms with Gasteiger partial charge in [-0.05, 0) is 33.6 Å². The molecule has 0 unspecified atom stereocenters. The Morgan fingerprint density at radius 1 is 1.00 bits per heavy atom. The van der Waals surface area contributed by atoms with Crippen LogP contribution in [-0.4, -0.2) is 27.8 Å². The maximum atomic E-state index is 12.4. The number of esters is 1. The number of benzene rings is 2. The summed E-state index contributed by atoms with van der Waals surface area (Å²) < 4.78 is 10.5. The molecule has 0 fully saturated rings. The van der Waals surface area contributed by atoms with Crippen molar-refractivity contribution < 1.29 is 29.0 Å². The third-order valence-electron chi connectivity index (χ3n) is 3.40. The quantitative estimate of drug-likeness (QED) is 0.255. The zero-order valence-electron chi connectivity index (χ0n) is 14.4. The van der Waals surface area contributed by atoms with Crippen LogP contribution in [0, 0.1) is 30.3 Å². The number of carbonyl (C=O) groups is 1. The molecule has 2 aromatic rings. The largest absolute Gasteiger partial charge is 0.493 e. The van der Waals surface area contributed by atoms with E-state index < -0.39 is 37.7 Å². The Labute approximate surface area is 169 Å². The minimum absolute atomic E-state index is 0.0238. The molecule has 0 radical (unpaired) electrons. The van der Waals surface area contributed by atoms with E-state index in [9.17, 15) is 35.1 Å². The van der Waals surface area contributed by atoms with E-state index in [1.807, 2.05) is 0 Å². The van der Waals surface area contributed by atoms with E-state index >= 15 is 0 Å². The molecule has 0 aliphatic carbocycles. The first-order chi connectivity index (χ1) is 13.6. The number of methoxy groups -OCH3 is 1. The highest BCUT2D eigenvalue weighted by molar-refractivity contribution is 9.10. The van der Waals surface area contributed by atoms with Gasteiger partial charge in [-0.3, -0.25) is 30.3 Å². The molecule has 150 valence electrons. The fourth-order valence-corrected chi connectivity index (χ4v) is 2.70. The van der Waals surface area contributed by atoms with Crippen molar-refractivity contribution in [2.75, 3.05) is 7.11 Å². The Bertz CT molecular complexity index is 1020. The third-order valence-corrected chi connectivity index (χ3v) is 3.98. The molecule has 0 saturated carbocycles. The molecule has 0 aromatic heterocycles. The third kappa shape index (κ3) is 5.32. The minimum Gasteiger partial charge on any atom is -0.493 e. The molecule has 0 amide bonds. The molecule has 2 rings (SSSR count). The van der Waals surface area contributed by atoms with Crippen LogP contribution in [0.3, 0.4) is 0 Å². The van der Waals surface area contributed by atoms with Crippen molar-refractivity contribution in [1.29, 1.82) is 0 Å². The van der Waals surface area contributed by atoms with Crippen LogP contribution in [0.4, 0.5) is 11.4 Å². The lowest BCUT2D eigenvalue weighted by molar-refractivity contribution is -0.400. The monoisotopic (exact) mass is 467 g/mol. The Morgan fingerprint density at radius 2 is 1.59 bits per heavy atom. The van der Waals surface area contributed by atoms with Crippen LogP contribution in [0.5, 0.6) is 11.5 Å². The van der Waals surface area contributed by atoms with Gasteiger partial charge in [0.2, 0.25) is 6.20 Å². The SMILES string of the molecule is COc1cc(/C=C/[N+](=O)[O-])cc(Br)c1OC(=O)c1cc([N+](=O)[O-])cc([N+](=O)[O-])c1. The van der Waals surface area contributed by atoms with Crippen molar-refractivity contribution in [3.05, 3.63) is 82.5 Å². The van der Waals surface area contributed by atoms with E-state index in [4.69, 9.17) is 9.47 Å². The summed E-state index contributed by atoms with van der Waals surface area (Å²) in [6.07, 6.45) is 1.89. The van der Waals surface area contributed by atoms with E-state index in [2.05, 4.69) is 15.9 Å². The fourth-order valence-electron chi connectivity index (χ4n) is 2.16. The number of ether oxygens (including phenoxy) is 2. The van der Waals surface area contributed by atoms with E-state index in [0.29, 0.717) is 17.8 Å². The number of nitro benzene ring substituents is 2. The highest BCUT2D eigenvalue weighted by Crippen LogP contribution is 2.38. The molecule has 0 spiro atoms. The number of carbonyl (C=O) groups excluding carboxylic acids is 1. The Hall–Kier alpha value is -3.87. The van der Waals surface area contributed by atoms with E-state index in [1.165, 1.54) is 25.3 Å². The van der Waals surface area contributed by atoms with E-state index in [0.717, 1.165) is 12.1 Å². The number of hydrogen-bond acceptors (Lipinski definition) is 9. The standard InChI is InChI=1S/C16H10BrN3O9/c1-28-14-5-9(2-3-18(22)23)4-13(17)15(14)29-16(21)10-6-11(19(24)25)8-12(7-10)20(26)27/h2-8H,1H3/b3-2+. The molecule has 0 bridgehead atoms. The van der Waals surface area contributed by atoms with Crippen molar-refractivity contribution in [1.82, 2.24) is 0 Å². The molecular formula is C16H10BrN3O9. The van der Waals surface area contributed by atoms with Gasteiger partial charge in [-0.25, -0.2) is 4.79 Å². The first-order valence-electron chi connectivity index (χ1n) is 7.47. The Balaban J connectivity index is 2.43. The van der Waals surface area contributed by atoms with Gasteiger partial charge in [0, 0.05) is 18.2 Å². The fraction of sp³-hybridized carbons (Fsp3) is 0.0625. The predicted molar refractivity (Wildman–Crippen MR) is 101 cm³/mol.